The number of benzene rings is 1. The van der Waals surface area contributed by atoms with Crippen molar-refractivity contribution in [2.24, 2.45) is 5.92 Å². The van der Waals surface area contributed by atoms with E-state index in [0.29, 0.717) is 22.5 Å². The molecule has 1 aromatic rings. The molecule has 148 valence electrons. The maximum atomic E-state index is 12.1. The molecule has 0 radical (unpaired) electrons. The Morgan fingerprint density at radius 2 is 2.07 bits per heavy atom. The topological polar surface area (TPSA) is 91.5 Å². The number of fused-ring (bicyclic) bond motifs is 1. The Bertz CT molecular complexity index is 668. The van der Waals surface area contributed by atoms with E-state index >= 15 is 0 Å². The lowest BCUT2D eigenvalue weighted by atomic mass is 10.0. The van der Waals surface area contributed by atoms with Crippen LogP contribution in [0.4, 0.5) is 5.69 Å². The van der Waals surface area contributed by atoms with Crippen LogP contribution in [-0.4, -0.2) is 29.6 Å². The highest BCUT2D eigenvalue weighted by molar-refractivity contribution is 7.80. The standard InChI is InChI=1S/C19H28N4O3S/c1-3-4-5-8-13(2)12-20-19(27)23-22-17(24)11-16-18(25)21-14-9-6-7-10-15(14)26-16/h6-7,9-10,13,16H,3-5,8,11-12H2,1-2H3,(H,21,25)(H,22,24)(H2,20,23,27)/t13-,16-/m1/s1. The number of anilines is 1. The Labute approximate surface area is 165 Å². The van der Waals surface area contributed by atoms with Gasteiger partial charge in [-0.3, -0.25) is 20.4 Å². The van der Waals surface area contributed by atoms with E-state index in [0.717, 1.165) is 13.0 Å². The van der Waals surface area contributed by atoms with Crippen LogP contribution in [0.5, 0.6) is 5.75 Å². The summed E-state index contributed by atoms with van der Waals surface area (Å²) in [6.07, 6.45) is 3.82. The molecule has 1 aliphatic rings. The summed E-state index contributed by atoms with van der Waals surface area (Å²) in [7, 11) is 0. The molecule has 0 saturated carbocycles. The van der Waals surface area contributed by atoms with Crippen LogP contribution in [-0.2, 0) is 9.59 Å². The second kappa shape index (κ2) is 10.7. The monoisotopic (exact) mass is 392 g/mol. The first-order chi connectivity index (χ1) is 13.0. The van der Waals surface area contributed by atoms with Gasteiger partial charge in [-0.2, -0.15) is 0 Å². The summed E-state index contributed by atoms with van der Waals surface area (Å²) < 4.78 is 5.60. The number of hydrogen-bond acceptors (Lipinski definition) is 4. The largest absolute Gasteiger partial charge is 0.478 e. The molecule has 27 heavy (non-hydrogen) atoms. The molecular weight excluding hydrogens is 364 g/mol. The number of rotatable bonds is 8. The van der Waals surface area contributed by atoms with Gasteiger partial charge in [-0.25, -0.2) is 0 Å². The SMILES string of the molecule is CCCCC[C@@H](C)CNC(=S)NNC(=O)C[C@H]1Oc2ccccc2NC1=O. The van der Waals surface area contributed by atoms with Gasteiger partial charge in [-0.05, 0) is 36.7 Å². The van der Waals surface area contributed by atoms with Gasteiger partial charge in [0.15, 0.2) is 11.2 Å². The molecule has 0 spiro atoms. The van der Waals surface area contributed by atoms with E-state index in [1.54, 1.807) is 18.2 Å². The zero-order valence-electron chi connectivity index (χ0n) is 15.8. The van der Waals surface area contributed by atoms with Gasteiger partial charge in [-0.1, -0.05) is 45.2 Å². The maximum Gasteiger partial charge on any atom is 0.266 e. The molecule has 1 aliphatic heterocycles. The molecule has 8 heteroatoms. The average Bonchev–Trinajstić information content (AvgIpc) is 2.65. The van der Waals surface area contributed by atoms with Crippen LogP contribution in [0.15, 0.2) is 24.3 Å². The number of carbonyl (C=O) groups excluding carboxylic acids is 2. The van der Waals surface area contributed by atoms with Crippen molar-refractivity contribution < 1.29 is 14.3 Å². The molecule has 0 fully saturated rings. The van der Waals surface area contributed by atoms with Crippen LogP contribution < -0.4 is 26.2 Å². The van der Waals surface area contributed by atoms with Crippen LogP contribution >= 0.6 is 12.2 Å². The van der Waals surface area contributed by atoms with Gasteiger partial charge in [-0.15, -0.1) is 0 Å². The van der Waals surface area contributed by atoms with E-state index in [2.05, 4.69) is 35.3 Å². The highest BCUT2D eigenvalue weighted by Gasteiger charge is 2.29. The van der Waals surface area contributed by atoms with Crippen molar-refractivity contribution in [1.82, 2.24) is 16.2 Å². The summed E-state index contributed by atoms with van der Waals surface area (Å²) in [5.74, 6) is 0.337. The number of unbranched alkanes of at least 4 members (excludes halogenated alkanes) is 2. The third-order valence-corrected chi connectivity index (χ3v) is 4.55. The molecule has 0 bridgehead atoms. The van der Waals surface area contributed by atoms with Crippen LogP contribution in [0.2, 0.25) is 0 Å². The molecule has 0 aliphatic carbocycles. The predicted molar refractivity (Wildman–Crippen MR) is 109 cm³/mol. The van der Waals surface area contributed by atoms with Crippen LogP contribution in [0.25, 0.3) is 0 Å². The summed E-state index contributed by atoms with van der Waals surface area (Å²) in [5, 5.41) is 6.17. The predicted octanol–water partition coefficient (Wildman–Crippen LogP) is 2.49. The lowest BCUT2D eigenvalue weighted by molar-refractivity contribution is -0.130. The zero-order chi connectivity index (χ0) is 19.6. The van der Waals surface area contributed by atoms with Crippen molar-refractivity contribution in [3.63, 3.8) is 0 Å². The first-order valence-corrected chi connectivity index (χ1v) is 9.79. The van der Waals surface area contributed by atoms with E-state index in [1.165, 1.54) is 19.3 Å². The van der Waals surface area contributed by atoms with Crippen LogP contribution in [0, 0.1) is 5.92 Å². The quantitative estimate of drug-likeness (QED) is 0.309. The second-order valence-electron chi connectivity index (χ2n) is 6.78. The Balaban J connectivity index is 1.67. The van der Waals surface area contributed by atoms with Crippen LogP contribution in [0.3, 0.4) is 0 Å². The third kappa shape index (κ3) is 7.05. The summed E-state index contributed by atoms with van der Waals surface area (Å²) in [6, 6.07) is 7.11. The minimum Gasteiger partial charge on any atom is -0.478 e. The number of carbonyl (C=O) groups is 2. The molecule has 1 heterocycles. The van der Waals surface area contributed by atoms with Gasteiger partial charge in [0.05, 0.1) is 12.1 Å². The van der Waals surface area contributed by atoms with Crippen molar-refractivity contribution in [2.75, 3.05) is 11.9 Å². The molecule has 0 saturated heterocycles. The molecule has 0 unspecified atom stereocenters. The van der Waals surface area contributed by atoms with Gasteiger partial charge in [0.25, 0.3) is 5.91 Å². The summed E-state index contributed by atoms with van der Waals surface area (Å²) in [4.78, 5) is 24.1. The minimum atomic E-state index is -0.873. The minimum absolute atomic E-state index is 0.108. The smallest absolute Gasteiger partial charge is 0.266 e. The summed E-state index contributed by atoms with van der Waals surface area (Å²) in [6.45, 7) is 5.10. The molecular formula is C19H28N4O3S. The molecule has 7 nitrogen and oxygen atoms in total. The Morgan fingerprint density at radius 3 is 2.85 bits per heavy atom. The molecule has 1 aromatic carbocycles. The number of nitrogens with one attached hydrogen (secondary N) is 4. The molecule has 2 rings (SSSR count). The van der Waals surface area contributed by atoms with E-state index in [4.69, 9.17) is 17.0 Å². The fraction of sp³-hybridized carbons (Fsp3) is 0.526. The molecule has 2 amide bonds. The summed E-state index contributed by atoms with van der Waals surface area (Å²) in [5.41, 5.74) is 5.77. The molecule has 0 aromatic heterocycles. The zero-order valence-corrected chi connectivity index (χ0v) is 16.7. The third-order valence-electron chi connectivity index (χ3n) is 4.30. The van der Waals surface area contributed by atoms with E-state index in [-0.39, 0.29) is 18.2 Å². The lowest BCUT2D eigenvalue weighted by Gasteiger charge is -2.25. The number of amides is 2. The van der Waals surface area contributed by atoms with Crippen molar-refractivity contribution in [2.45, 2.75) is 52.1 Å². The normalized spacial score (nSPS) is 16.4. The lowest BCUT2D eigenvalue weighted by Crippen LogP contribution is -2.49. The first-order valence-electron chi connectivity index (χ1n) is 9.38. The molecule has 4 N–H and O–H groups in total. The maximum absolute atomic E-state index is 12.1. The van der Waals surface area contributed by atoms with Crippen molar-refractivity contribution in [3.05, 3.63) is 24.3 Å². The number of hydrazine groups is 1. The number of thiocarbonyl (C=S) groups is 1. The fourth-order valence-corrected chi connectivity index (χ4v) is 2.86. The van der Waals surface area contributed by atoms with Gasteiger partial charge in [0, 0.05) is 6.54 Å². The number of ether oxygens (including phenoxy) is 1. The first kappa shape index (κ1) is 21.0. The van der Waals surface area contributed by atoms with Gasteiger partial charge < -0.3 is 15.4 Å². The van der Waals surface area contributed by atoms with Crippen LogP contribution in [0.1, 0.15) is 46.0 Å². The van der Waals surface area contributed by atoms with Crippen molar-refractivity contribution in [1.29, 1.82) is 0 Å². The van der Waals surface area contributed by atoms with Crippen molar-refractivity contribution >= 4 is 34.8 Å². The van der Waals surface area contributed by atoms with Gasteiger partial charge >= 0.3 is 0 Å². The van der Waals surface area contributed by atoms with Crippen molar-refractivity contribution in [3.8, 4) is 5.75 Å². The van der Waals surface area contributed by atoms with Gasteiger partial charge in [0.1, 0.15) is 5.75 Å². The van der Waals surface area contributed by atoms with E-state index in [1.807, 2.05) is 6.07 Å². The van der Waals surface area contributed by atoms with E-state index in [9.17, 15) is 9.59 Å². The Hall–Kier alpha value is -2.35. The number of hydrogen-bond donors (Lipinski definition) is 4. The molecule has 2 atom stereocenters. The Morgan fingerprint density at radius 1 is 1.30 bits per heavy atom. The Kier molecular flexibility index (Phi) is 8.32. The highest BCUT2D eigenvalue weighted by atomic mass is 32.1. The second-order valence-corrected chi connectivity index (χ2v) is 7.19. The van der Waals surface area contributed by atoms with E-state index < -0.39 is 6.10 Å². The summed E-state index contributed by atoms with van der Waals surface area (Å²) >= 11 is 5.16. The number of para-hydroxylation sites is 2. The average molecular weight is 393 g/mol. The van der Waals surface area contributed by atoms with Gasteiger partial charge in [0.2, 0.25) is 5.91 Å². The highest BCUT2D eigenvalue weighted by Crippen LogP contribution is 2.29. The fourth-order valence-electron chi connectivity index (χ4n) is 2.73.